The maximum Gasteiger partial charge on any atom is 0.129 e. The third-order valence-electron chi connectivity index (χ3n) is 3.07. The van der Waals surface area contributed by atoms with Crippen molar-refractivity contribution in [3.63, 3.8) is 0 Å². The fourth-order valence-electron chi connectivity index (χ4n) is 2.16. The Morgan fingerprint density at radius 2 is 2.25 bits per heavy atom. The first kappa shape index (κ1) is 15.5. The molecule has 6 heteroatoms. The van der Waals surface area contributed by atoms with E-state index in [-0.39, 0.29) is 6.04 Å². The number of hydrogen-bond acceptors (Lipinski definition) is 4. The molecule has 2 heterocycles. The Kier molecular flexibility index (Phi) is 5.23. The van der Waals surface area contributed by atoms with Crippen LogP contribution in [0.2, 0.25) is 0 Å². The lowest BCUT2D eigenvalue weighted by atomic mass is 10.1. The second kappa shape index (κ2) is 6.74. The summed E-state index contributed by atoms with van der Waals surface area (Å²) in [5, 5.41) is 10.0. The maximum absolute atomic E-state index is 5.30. The molecule has 0 fully saturated rings. The highest BCUT2D eigenvalue weighted by Gasteiger charge is 2.24. The molecule has 1 atom stereocenters. The van der Waals surface area contributed by atoms with Crippen LogP contribution >= 0.6 is 27.3 Å². The minimum absolute atomic E-state index is 0.119. The van der Waals surface area contributed by atoms with Gasteiger partial charge in [0, 0.05) is 16.3 Å². The molecule has 20 heavy (non-hydrogen) atoms. The van der Waals surface area contributed by atoms with Crippen LogP contribution in [0.3, 0.4) is 0 Å². The molecule has 2 aromatic rings. The molecule has 0 spiro atoms. The van der Waals surface area contributed by atoms with Gasteiger partial charge >= 0.3 is 0 Å². The van der Waals surface area contributed by atoms with Gasteiger partial charge in [0.2, 0.25) is 0 Å². The van der Waals surface area contributed by atoms with Gasteiger partial charge in [0.05, 0.1) is 29.5 Å². The number of hydrogen-bond donors (Lipinski definition) is 1. The van der Waals surface area contributed by atoms with Crippen molar-refractivity contribution in [2.75, 3.05) is 13.7 Å². The third-order valence-corrected chi connectivity index (χ3v) is 4.66. The molecular formula is C14H20BrN3OS. The van der Waals surface area contributed by atoms with E-state index in [9.17, 15) is 0 Å². The zero-order chi connectivity index (χ0) is 14.7. The highest BCUT2D eigenvalue weighted by atomic mass is 79.9. The Morgan fingerprint density at radius 3 is 2.80 bits per heavy atom. The fraction of sp³-hybridized carbons (Fsp3) is 0.500. The summed E-state index contributed by atoms with van der Waals surface area (Å²) in [5.74, 6) is 0.902. The van der Waals surface area contributed by atoms with Gasteiger partial charge in [0.15, 0.2) is 0 Å². The van der Waals surface area contributed by atoms with Crippen LogP contribution in [0.1, 0.15) is 43.4 Å². The van der Waals surface area contributed by atoms with Crippen LogP contribution in [0.4, 0.5) is 0 Å². The standard InChI is InChI=1S/C14H20BrN3OS/c1-5-16-13(12-6-10(19-4)8-20-12)14-11(15)7-17-18(14)9(2)3/h6-9,13,16H,5H2,1-4H3. The largest absolute Gasteiger partial charge is 0.496 e. The van der Waals surface area contributed by atoms with Gasteiger partial charge < -0.3 is 10.1 Å². The number of aromatic nitrogens is 2. The molecule has 0 aromatic carbocycles. The first-order chi connectivity index (χ1) is 9.58. The number of halogens is 1. The van der Waals surface area contributed by atoms with Crippen LogP contribution in [-0.4, -0.2) is 23.4 Å². The van der Waals surface area contributed by atoms with Gasteiger partial charge in [0.25, 0.3) is 0 Å². The van der Waals surface area contributed by atoms with Crippen molar-refractivity contribution < 1.29 is 4.74 Å². The molecule has 0 aliphatic rings. The van der Waals surface area contributed by atoms with Crippen molar-refractivity contribution in [1.29, 1.82) is 0 Å². The molecule has 110 valence electrons. The first-order valence-electron chi connectivity index (χ1n) is 6.67. The molecule has 1 unspecified atom stereocenters. The summed E-state index contributed by atoms with van der Waals surface area (Å²) in [7, 11) is 1.70. The average molecular weight is 358 g/mol. The number of thiophene rings is 1. The molecular weight excluding hydrogens is 338 g/mol. The zero-order valence-corrected chi connectivity index (χ0v) is 14.6. The van der Waals surface area contributed by atoms with Gasteiger partial charge in [0.1, 0.15) is 5.75 Å². The average Bonchev–Trinajstić information content (AvgIpc) is 3.02. The monoisotopic (exact) mass is 357 g/mol. The summed E-state index contributed by atoms with van der Waals surface area (Å²) in [6.07, 6.45) is 1.87. The van der Waals surface area contributed by atoms with E-state index in [2.05, 4.69) is 57.9 Å². The van der Waals surface area contributed by atoms with E-state index in [1.807, 2.05) is 11.6 Å². The lowest BCUT2D eigenvalue weighted by molar-refractivity contribution is 0.415. The summed E-state index contributed by atoms with van der Waals surface area (Å²) < 4.78 is 8.39. The molecule has 0 aliphatic carbocycles. The molecule has 0 saturated heterocycles. The van der Waals surface area contributed by atoms with Gasteiger partial charge in [-0.2, -0.15) is 5.10 Å². The summed E-state index contributed by atoms with van der Waals surface area (Å²) in [6.45, 7) is 7.28. The van der Waals surface area contributed by atoms with Gasteiger partial charge in [-0.3, -0.25) is 4.68 Å². The van der Waals surface area contributed by atoms with Crippen molar-refractivity contribution in [2.45, 2.75) is 32.9 Å². The van der Waals surface area contributed by atoms with E-state index in [1.165, 1.54) is 4.88 Å². The maximum atomic E-state index is 5.30. The number of methoxy groups -OCH3 is 1. The Hall–Kier alpha value is -0.850. The van der Waals surface area contributed by atoms with Gasteiger partial charge in [-0.15, -0.1) is 11.3 Å². The second-order valence-electron chi connectivity index (χ2n) is 4.80. The van der Waals surface area contributed by atoms with E-state index in [1.54, 1.807) is 18.4 Å². The highest BCUT2D eigenvalue weighted by Crippen LogP contribution is 2.35. The zero-order valence-electron chi connectivity index (χ0n) is 12.2. The quantitative estimate of drug-likeness (QED) is 0.849. The molecule has 0 amide bonds. The van der Waals surface area contributed by atoms with Crippen molar-refractivity contribution in [3.05, 3.63) is 32.7 Å². The number of rotatable bonds is 6. The Balaban J connectivity index is 2.45. The van der Waals surface area contributed by atoms with Crippen LogP contribution in [0.15, 0.2) is 22.1 Å². The lowest BCUT2D eigenvalue weighted by Crippen LogP contribution is -2.25. The molecule has 0 radical (unpaired) electrons. The smallest absolute Gasteiger partial charge is 0.129 e. The predicted molar refractivity (Wildman–Crippen MR) is 86.7 cm³/mol. The number of nitrogens with one attached hydrogen (secondary N) is 1. The topological polar surface area (TPSA) is 39.1 Å². The van der Waals surface area contributed by atoms with Crippen LogP contribution < -0.4 is 10.1 Å². The van der Waals surface area contributed by atoms with Gasteiger partial charge in [-0.05, 0) is 42.4 Å². The summed E-state index contributed by atoms with van der Waals surface area (Å²) >= 11 is 5.33. The second-order valence-corrected chi connectivity index (χ2v) is 6.59. The normalized spacial score (nSPS) is 12.9. The summed E-state index contributed by atoms with van der Waals surface area (Å²) in [5.41, 5.74) is 1.16. The van der Waals surface area contributed by atoms with Gasteiger partial charge in [-0.25, -0.2) is 0 Å². The Labute approximate surface area is 132 Å². The van der Waals surface area contributed by atoms with Crippen LogP contribution in [0.5, 0.6) is 5.75 Å². The Bertz CT molecular complexity index is 565. The van der Waals surface area contributed by atoms with Gasteiger partial charge in [-0.1, -0.05) is 6.92 Å². The van der Waals surface area contributed by atoms with E-state index < -0.39 is 0 Å². The molecule has 1 N–H and O–H groups in total. The summed E-state index contributed by atoms with van der Waals surface area (Å²) in [4.78, 5) is 1.23. The van der Waals surface area contributed by atoms with E-state index in [0.29, 0.717) is 6.04 Å². The first-order valence-corrected chi connectivity index (χ1v) is 8.34. The molecule has 0 saturated carbocycles. The minimum atomic E-state index is 0.119. The van der Waals surface area contributed by atoms with E-state index in [4.69, 9.17) is 4.74 Å². The molecule has 0 bridgehead atoms. The molecule has 2 rings (SSSR count). The van der Waals surface area contributed by atoms with Crippen molar-refractivity contribution in [3.8, 4) is 5.75 Å². The predicted octanol–water partition coefficient (Wildman–Crippen LogP) is 4.00. The van der Waals surface area contributed by atoms with Crippen molar-refractivity contribution >= 4 is 27.3 Å². The van der Waals surface area contributed by atoms with Crippen LogP contribution in [0.25, 0.3) is 0 Å². The minimum Gasteiger partial charge on any atom is -0.496 e. The third kappa shape index (κ3) is 3.07. The molecule has 4 nitrogen and oxygen atoms in total. The SMILES string of the molecule is CCNC(c1cc(OC)cs1)c1c(Br)cnn1C(C)C. The number of nitrogens with zero attached hydrogens (tertiary/aromatic N) is 2. The molecule has 0 aliphatic heterocycles. The van der Waals surface area contributed by atoms with E-state index in [0.717, 1.165) is 22.5 Å². The van der Waals surface area contributed by atoms with Crippen LogP contribution in [0, 0.1) is 0 Å². The molecule has 2 aromatic heterocycles. The number of ether oxygens (including phenoxy) is 1. The Morgan fingerprint density at radius 1 is 1.50 bits per heavy atom. The highest BCUT2D eigenvalue weighted by molar-refractivity contribution is 9.10. The van der Waals surface area contributed by atoms with Crippen molar-refractivity contribution in [2.24, 2.45) is 0 Å². The fourth-order valence-corrected chi connectivity index (χ4v) is 3.60. The van der Waals surface area contributed by atoms with Crippen molar-refractivity contribution in [1.82, 2.24) is 15.1 Å². The van der Waals surface area contributed by atoms with Crippen LogP contribution in [-0.2, 0) is 0 Å². The lowest BCUT2D eigenvalue weighted by Gasteiger charge is -2.20. The van der Waals surface area contributed by atoms with E-state index >= 15 is 0 Å². The summed E-state index contributed by atoms with van der Waals surface area (Å²) in [6, 6.07) is 2.52.